The second-order valence-corrected chi connectivity index (χ2v) is 9.36. The van der Waals surface area contributed by atoms with Crippen LogP contribution in [-0.4, -0.2) is 48.8 Å². The summed E-state index contributed by atoms with van der Waals surface area (Å²) in [5.41, 5.74) is 2.82. The van der Waals surface area contributed by atoms with Crippen molar-refractivity contribution in [3.05, 3.63) is 42.1 Å². The van der Waals surface area contributed by atoms with Gasteiger partial charge >= 0.3 is 5.97 Å². The second-order valence-electron chi connectivity index (χ2n) is 9.36. The fourth-order valence-corrected chi connectivity index (χ4v) is 5.85. The Morgan fingerprint density at radius 3 is 2.85 bits per heavy atom. The molecule has 0 amide bonds. The van der Waals surface area contributed by atoms with E-state index in [9.17, 15) is 14.3 Å². The van der Waals surface area contributed by atoms with E-state index in [2.05, 4.69) is 20.4 Å². The molecule has 34 heavy (non-hydrogen) atoms. The topological polar surface area (TPSA) is 117 Å². The quantitative estimate of drug-likeness (QED) is 0.397. The van der Waals surface area contributed by atoms with Gasteiger partial charge in [0.25, 0.3) is 0 Å². The molecule has 0 aromatic carbocycles. The minimum atomic E-state index is -0.758. The first kappa shape index (κ1) is 21.0. The number of aliphatic carboxylic acids is 1. The first-order chi connectivity index (χ1) is 16.5. The highest BCUT2D eigenvalue weighted by atomic mass is 19.1. The average Bonchev–Trinajstić information content (AvgIpc) is 3.43. The van der Waals surface area contributed by atoms with Crippen molar-refractivity contribution in [3.63, 3.8) is 0 Å². The monoisotopic (exact) mass is 464 g/mol. The first-order valence-corrected chi connectivity index (χ1v) is 11.5. The number of anilines is 1. The van der Waals surface area contributed by atoms with Crippen LogP contribution in [0, 0.1) is 23.6 Å². The number of ether oxygens (including phenoxy) is 1. The fourth-order valence-electron chi connectivity index (χ4n) is 5.85. The molecule has 3 aliphatic rings. The number of hydrogen-bond donors (Lipinski definition) is 3. The van der Waals surface area contributed by atoms with E-state index in [1.807, 2.05) is 12.3 Å². The third-order valence-corrected chi connectivity index (χ3v) is 7.38. The average molecular weight is 465 g/mol. The molecule has 0 saturated heterocycles. The summed E-state index contributed by atoms with van der Waals surface area (Å²) in [7, 11) is 1.63. The number of rotatable bonds is 6. The van der Waals surface area contributed by atoms with Gasteiger partial charge in [-0.05, 0) is 55.2 Å². The minimum absolute atomic E-state index is 0.177. The lowest BCUT2D eigenvalue weighted by atomic mass is 9.61. The Morgan fingerprint density at radius 2 is 2.09 bits per heavy atom. The van der Waals surface area contributed by atoms with Crippen molar-refractivity contribution < 1.29 is 19.0 Å². The van der Waals surface area contributed by atoms with Crippen LogP contribution in [0.4, 0.5) is 10.2 Å². The Hall–Kier alpha value is -3.53. The van der Waals surface area contributed by atoms with E-state index < -0.39 is 17.7 Å². The van der Waals surface area contributed by atoms with E-state index in [1.165, 1.54) is 6.07 Å². The number of nitrogens with zero attached hydrogens (tertiary/aromatic N) is 4. The number of methoxy groups -OCH3 is 1. The number of halogens is 1. The van der Waals surface area contributed by atoms with E-state index in [0.717, 1.165) is 43.0 Å². The van der Waals surface area contributed by atoms with Crippen LogP contribution in [-0.2, 0) is 16.1 Å². The lowest BCUT2D eigenvalue weighted by Crippen LogP contribution is -2.51. The van der Waals surface area contributed by atoms with Gasteiger partial charge in [0.2, 0.25) is 0 Å². The van der Waals surface area contributed by atoms with Gasteiger partial charge < -0.3 is 20.1 Å². The zero-order valence-corrected chi connectivity index (χ0v) is 18.7. The van der Waals surface area contributed by atoms with Gasteiger partial charge in [-0.3, -0.25) is 4.79 Å². The highest BCUT2D eigenvalue weighted by Crippen LogP contribution is 2.46. The molecule has 7 rings (SSSR count). The minimum Gasteiger partial charge on any atom is -0.481 e. The maximum atomic E-state index is 13.9. The predicted molar refractivity (Wildman–Crippen MR) is 123 cm³/mol. The summed E-state index contributed by atoms with van der Waals surface area (Å²) in [5.74, 6) is -0.244. The van der Waals surface area contributed by atoms with Crippen molar-refractivity contribution in [3.8, 4) is 11.4 Å². The molecule has 3 N–H and O–H groups in total. The van der Waals surface area contributed by atoms with E-state index >= 15 is 0 Å². The molecule has 4 aromatic heterocycles. The summed E-state index contributed by atoms with van der Waals surface area (Å²) in [6.07, 6.45) is 8.69. The van der Waals surface area contributed by atoms with Gasteiger partial charge in [0.15, 0.2) is 11.6 Å². The van der Waals surface area contributed by atoms with Gasteiger partial charge in [0.1, 0.15) is 17.0 Å². The van der Waals surface area contributed by atoms with Crippen LogP contribution in [0.3, 0.4) is 0 Å². The molecule has 2 bridgehead atoms. The highest BCUT2D eigenvalue weighted by molar-refractivity contribution is 5.92. The van der Waals surface area contributed by atoms with E-state index in [1.54, 1.807) is 17.8 Å². The first-order valence-electron chi connectivity index (χ1n) is 11.5. The van der Waals surface area contributed by atoms with E-state index in [4.69, 9.17) is 9.72 Å². The number of carbonyl (C=O) groups is 1. The highest BCUT2D eigenvalue weighted by Gasteiger charge is 2.47. The number of aromatic nitrogens is 5. The van der Waals surface area contributed by atoms with Crippen molar-refractivity contribution in [2.24, 2.45) is 17.8 Å². The number of pyridine rings is 1. The number of nitrogens with one attached hydrogen (secondary N) is 2. The molecule has 0 aliphatic heterocycles. The third-order valence-electron chi connectivity index (χ3n) is 7.38. The molecule has 3 saturated carbocycles. The normalized spacial score (nSPS) is 24.2. The number of H-pyrrole nitrogens is 1. The Labute approximate surface area is 194 Å². The Balaban J connectivity index is 1.48. The zero-order valence-electron chi connectivity index (χ0n) is 18.7. The lowest BCUT2D eigenvalue weighted by Gasteiger charge is -2.47. The number of hydrogen-bond acceptors (Lipinski definition) is 6. The number of carboxylic acids is 1. The van der Waals surface area contributed by atoms with Gasteiger partial charge in [0, 0.05) is 36.5 Å². The summed E-state index contributed by atoms with van der Waals surface area (Å²) in [6.45, 7) is 0.409. The van der Waals surface area contributed by atoms with Crippen LogP contribution in [0.5, 0.6) is 0 Å². The molecule has 0 unspecified atom stereocenters. The largest absolute Gasteiger partial charge is 0.481 e. The number of aromatic amines is 1. The maximum absolute atomic E-state index is 13.9. The van der Waals surface area contributed by atoms with E-state index in [0.29, 0.717) is 34.8 Å². The Morgan fingerprint density at radius 1 is 1.29 bits per heavy atom. The Kier molecular flexibility index (Phi) is 4.98. The number of fused-ring (bicyclic) bond motifs is 5. The molecule has 4 heterocycles. The van der Waals surface area contributed by atoms with E-state index in [-0.39, 0.29) is 17.9 Å². The fraction of sp³-hybridized carbons (Fsp3) is 0.417. The number of carboxylic acid groups (broad SMARTS) is 1. The summed E-state index contributed by atoms with van der Waals surface area (Å²) in [6, 6.07) is 3.14. The summed E-state index contributed by atoms with van der Waals surface area (Å²) < 4.78 is 21.0. The van der Waals surface area contributed by atoms with Crippen LogP contribution in [0.2, 0.25) is 0 Å². The summed E-state index contributed by atoms with van der Waals surface area (Å²) in [5, 5.41) is 18.8. The molecule has 3 aliphatic carbocycles. The SMILES string of the molecule is COCc1cc2c(N[C@H]3C4CCC(CC4)[C@@H]3C(=O)O)nc(-c3c[nH]c4ncc(F)cc34)nn2c1. The predicted octanol–water partition coefficient (Wildman–Crippen LogP) is 3.86. The van der Waals surface area contributed by atoms with Crippen molar-refractivity contribution in [1.29, 1.82) is 0 Å². The van der Waals surface area contributed by atoms with Crippen LogP contribution >= 0.6 is 0 Å². The molecule has 10 heteroatoms. The van der Waals surface area contributed by atoms with Crippen LogP contribution < -0.4 is 5.32 Å². The smallest absolute Gasteiger partial charge is 0.308 e. The van der Waals surface area contributed by atoms with Crippen molar-refractivity contribution >= 4 is 28.3 Å². The van der Waals surface area contributed by atoms with Crippen LogP contribution in [0.25, 0.3) is 27.9 Å². The lowest BCUT2D eigenvalue weighted by molar-refractivity contribution is -0.148. The molecule has 2 atom stereocenters. The molecule has 0 spiro atoms. The second kappa shape index (κ2) is 8.05. The van der Waals surface area contributed by atoms with Gasteiger partial charge in [-0.25, -0.2) is 18.9 Å². The summed E-state index contributed by atoms with van der Waals surface area (Å²) >= 11 is 0. The zero-order chi connectivity index (χ0) is 23.4. The third kappa shape index (κ3) is 3.40. The Bertz CT molecular complexity index is 1390. The molecular formula is C24H25FN6O3. The molecule has 4 aromatic rings. The van der Waals surface area contributed by atoms with Crippen LogP contribution in [0.15, 0.2) is 30.7 Å². The molecular weight excluding hydrogens is 439 g/mol. The van der Waals surface area contributed by atoms with Gasteiger partial charge in [0.05, 0.1) is 18.7 Å². The summed E-state index contributed by atoms with van der Waals surface area (Å²) in [4.78, 5) is 24.2. The van der Waals surface area contributed by atoms with Crippen molar-refractivity contribution in [2.45, 2.75) is 38.3 Å². The van der Waals surface area contributed by atoms with Gasteiger partial charge in [-0.2, -0.15) is 0 Å². The molecule has 176 valence electrons. The molecule has 3 fully saturated rings. The van der Waals surface area contributed by atoms with Gasteiger partial charge in [-0.1, -0.05) is 0 Å². The van der Waals surface area contributed by atoms with Gasteiger partial charge in [-0.15, -0.1) is 5.10 Å². The van der Waals surface area contributed by atoms with Crippen molar-refractivity contribution in [2.75, 3.05) is 12.4 Å². The molecule has 0 radical (unpaired) electrons. The van der Waals surface area contributed by atoms with Crippen molar-refractivity contribution in [1.82, 2.24) is 24.6 Å². The standard InChI is InChI=1S/C24H25FN6O3/c1-34-11-12-6-18-23(28-20-14-4-2-13(3-5-14)19(20)24(32)33)29-22(30-31(18)10-12)17-9-27-21-16(17)7-15(25)8-26-21/h6-10,13-14,19-20H,2-5,11H2,1H3,(H,26,27)(H,32,33)(H,28,29,30)/t13?,14?,19-,20-/m0/s1. The van der Waals surface area contributed by atoms with Crippen LogP contribution in [0.1, 0.15) is 31.2 Å². The maximum Gasteiger partial charge on any atom is 0.308 e. The molecule has 9 nitrogen and oxygen atoms in total.